The summed E-state index contributed by atoms with van der Waals surface area (Å²) in [6.45, 7) is 2.62. The number of nitrogens with two attached hydrogens (primary N) is 1. The number of amides is 2. The highest BCUT2D eigenvalue weighted by atomic mass is 32.1. The van der Waals surface area contributed by atoms with Crippen LogP contribution < -0.4 is 20.7 Å². The van der Waals surface area contributed by atoms with Crippen molar-refractivity contribution in [3.05, 3.63) is 23.1 Å². The average molecular weight is 374 g/mol. The van der Waals surface area contributed by atoms with Crippen LogP contribution in [-0.4, -0.2) is 42.8 Å². The highest BCUT2D eigenvalue weighted by Crippen LogP contribution is 2.40. The Morgan fingerprint density at radius 3 is 3.15 bits per heavy atom. The molecule has 3 N–H and O–H groups in total. The fourth-order valence-electron chi connectivity index (χ4n) is 3.09. The largest absolute Gasteiger partial charge is 0.492 e. The van der Waals surface area contributed by atoms with Crippen LogP contribution >= 0.6 is 11.3 Å². The smallest absolute Gasteiger partial charge is 0.414 e. The molecule has 8 nitrogen and oxygen atoms in total. The van der Waals surface area contributed by atoms with Crippen molar-refractivity contribution in [2.75, 3.05) is 30.3 Å². The number of hydrogen-bond acceptors (Lipinski definition) is 7. The summed E-state index contributed by atoms with van der Waals surface area (Å²) in [6.07, 6.45) is -0.0674. The van der Waals surface area contributed by atoms with Gasteiger partial charge in [-0.25, -0.2) is 9.78 Å². The van der Waals surface area contributed by atoms with Gasteiger partial charge in [0.1, 0.15) is 11.9 Å². The summed E-state index contributed by atoms with van der Waals surface area (Å²) < 4.78 is 11.2. The summed E-state index contributed by atoms with van der Waals surface area (Å²) >= 11 is 1.47. The number of rotatable bonds is 3. The lowest BCUT2D eigenvalue weighted by atomic mass is 10.1. The van der Waals surface area contributed by atoms with Crippen LogP contribution in [-0.2, 0) is 16.0 Å². The van der Waals surface area contributed by atoms with Gasteiger partial charge in [0.05, 0.1) is 31.1 Å². The molecule has 2 aliphatic heterocycles. The van der Waals surface area contributed by atoms with E-state index in [0.29, 0.717) is 36.3 Å². The third-order valence-corrected chi connectivity index (χ3v) is 5.23. The van der Waals surface area contributed by atoms with Gasteiger partial charge in [0.2, 0.25) is 5.91 Å². The van der Waals surface area contributed by atoms with Crippen molar-refractivity contribution in [1.82, 2.24) is 10.3 Å². The topological polar surface area (TPSA) is 107 Å². The number of benzene rings is 1. The van der Waals surface area contributed by atoms with Crippen molar-refractivity contribution < 1.29 is 19.1 Å². The second-order valence-corrected chi connectivity index (χ2v) is 7.27. The standard InChI is InChI=1S/C17H18N4O4S/c1-9(22)19-7-11-8-21(17(23)25-11)10-2-3-12-13(6-10)24-5-4-14-15(12)20-16(18)26-14/h2-3,6,11H,4-5,7-8H2,1H3,(H2,18,20)(H,19,22). The van der Waals surface area contributed by atoms with Crippen molar-refractivity contribution in [2.45, 2.75) is 19.4 Å². The van der Waals surface area contributed by atoms with E-state index in [-0.39, 0.29) is 12.0 Å². The Kier molecular flexibility index (Phi) is 4.15. The van der Waals surface area contributed by atoms with Crippen molar-refractivity contribution >= 4 is 34.2 Å². The van der Waals surface area contributed by atoms with Crippen molar-refractivity contribution in [1.29, 1.82) is 0 Å². The second kappa shape index (κ2) is 6.49. The third-order valence-electron chi connectivity index (χ3n) is 4.29. The molecule has 2 aromatic rings. The molecule has 0 saturated carbocycles. The fraction of sp³-hybridized carbons (Fsp3) is 0.353. The van der Waals surface area contributed by atoms with Gasteiger partial charge in [-0.2, -0.15) is 0 Å². The molecule has 1 aromatic heterocycles. The van der Waals surface area contributed by atoms with Crippen LogP contribution in [0.15, 0.2) is 18.2 Å². The summed E-state index contributed by atoms with van der Waals surface area (Å²) in [5.41, 5.74) is 8.25. The van der Waals surface area contributed by atoms with Gasteiger partial charge >= 0.3 is 6.09 Å². The zero-order valence-electron chi connectivity index (χ0n) is 14.2. The first-order valence-electron chi connectivity index (χ1n) is 8.26. The summed E-state index contributed by atoms with van der Waals surface area (Å²) in [6, 6.07) is 5.55. The number of carbonyl (C=O) groups excluding carboxylic acids is 2. The maximum absolute atomic E-state index is 12.2. The van der Waals surface area contributed by atoms with E-state index in [2.05, 4.69) is 10.3 Å². The molecule has 2 aliphatic rings. The highest BCUT2D eigenvalue weighted by molar-refractivity contribution is 7.15. The summed E-state index contributed by atoms with van der Waals surface area (Å²) in [5.74, 6) is 0.515. The van der Waals surface area contributed by atoms with Crippen molar-refractivity contribution in [3.8, 4) is 17.0 Å². The molecule has 1 aromatic carbocycles. The first-order valence-corrected chi connectivity index (χ1v) is 9.08. The Morgan fingerprint density at radius 1 is 1.50 bits per heavy atom. The van der Waals surface area contributed by atoms with Crippen LogP contribution in [0.25, 0.3) is 11.3 Å². The second-order valence-electron chi connectivity index (χ2n) is 6.16. The molecule has 1 atom stereocenters. The number of fused-ring (bicyclic) bond motifs is 3. The molecule has 4 rings (SSSR count). The Bertz CT molecular complexity index is 882. The zero-order valence-corrected chi connectivity index (χ0v) is 15.0. The van der Waals surface area contributed by atoms with Crippen molar-refractivity contribution in [3.63, 3.8) is 0 Å². The lowest BCUT2D eigenvalue weighted by Crippen LogP contribution is -2.33. The van der Waals surface area contributed by atoms with Gasteiger partial charge in [0.25, 0.3) is 0 Å². The minimum Gasteiger partial charge on any atom is -0.492 e. The van der Waals surface area contributed by atoms with E-state index in [0.717, 1.165) is 22.6 Å². The van der Waals surface area contributed by atoms with Gasteiger partial charge in [0, 0.05) is 29.9 Å². The lowest BCUT2D eigenvalue weighted by Gasteiger charge is -2.16. The molecule has 9 heteroatoms. The Balaban J connectivity index is 1.59. The molecule has 26 heavy (non-hydrogen) atoms. The van der Waals surface area contributed by atoms with E-state index in [1.807, 2.05) is 18.2 Å². The number of aromatic nitrogens is 1. The molecule has 3 heterocycles. The first kappa shape index (κ1) is 16.6. The first-order chi connectivity index (χ1) is 12.5. The van der Waals surface area contributed by atoms with Crippen LogP contribution in [0.3, 0.4) is 0 Å². The minimum absolute atomic E-state index is 0.156. The quantitative estimate of drug-likeness (QED) is 0.848. The van der Waals surface area contributed by atoms with E-state index in [1.54, 1.807) is 0 Å². The maximum Gasteiger partial charge on any atom is 0.414 e. The summed E-state index contributed by atoms with van der Waals surface area (Å²) in [5, 5.41) is 3.20. The Hall–Kier alpha value is -2.81. The minimum atomic E-state index is -0.437. The van der Waals surface area contributed by atoms with Gasteiger partial charge in [-0.15, -0.1) is 11.3 Å². The third kappa shape index (κ3) is 3.05. The molecule has 0 spiro atoms. The highest BCUT2D eigenvalue weighted by Gasteiger charge is 2.33. The number of anilines is 2. The predicted molar refractivity (Wildman–Crippen MR) is 97.5 cm³/mol. The Morgan fingerprint density at radius 2 is 2.35 bits per heavy atom. The SMILES string of the molecule is CC(=O)NCC1CN(c2ccc3c(c2)OCCc2sc(N)nc2-3)C(=O)O1. The molecule has 0 aliphatic carbocycles. The number of cyclic esters (lactones) is 1. The summed E-state index contributed by atoms with van der Waals surface area (Å²) in [7, 11) is 0. The molecule has 0 bridgehead atoms. The number of nitrogens with zero attached hydrogens (tertiary/aromatic N) is 2. The molecule has 1 saturated heterocycles. The maximum atomic E-state index is 12.2. The van der Waals surface area contributed by atoms with Crippen molar-refractivity contribution in [2.24, 2.45) is 0 Å². The zero-order chi connectivity index (χ0) is 18.3. The van der Waals surface area contributed by atoms with E-state index < -0.39 is 6.09 Å². The number of hydrogen-bond donors (Lipinski definition) is 2. The van der Waals surface area contributed by atoms with E-state index >= 15 is 0 Å². The Labute approximate surface area is 153 Å². The normalized spacial score (nSPS) is 18.4. The van der Waals surface area contributed by atoms with Gasteiger partial charge in [-0.05, 0) is 12.1 Å². The lowest BCUT2D eigenvalue weighted by molar-refractivity contribution is -0.119. The molecule has 1 unspecified atom stereocenters. The van der Waals surface area contributed by atoms with E-state index in [4.69, 9.17) is 15.2 Å². The van der Waals surface area contributed by atoms with Crippen LogP contribution in [0.5, 0.6) is 5.75 Å². The number of nitrogen functional groups attached to an aromatic ring is 1. The molecular formula is C17H18N4O4S. The molecule has 0 radical (unpaired) electrons. The molecule has 136 valence electrons. The molecule has 1 fully saturated rings. The molecular weight excluding hydrogens is 356 g/mol. The monoisotopic (exact) mass is 374 g/mol. The fourth-order valence-corrected chi connectivity index (χ4v) is 3.92. The number of ether oxygens (including phenoxy) is 2. The van der Waals surface area contributed by atoms with Crippen LogP contribution in [0, 0.1) is 0 Å². The predicted octanol–water partition coefficient (Wildman–Crippen LogP) is 1.79. The number of nitrogens with one attached hydrogen (secondary N) is 1. The molecule has 2 amide bonds. The van der Waals surface area contributed by atoms with Gasteiger partial charge < -0.3 is 20.5 Å². The van der Waals surface area contributed by atoms with E-state index in [9.17, 15) is 9.59 Å². The van der Waals surface area contributed by atoms with Gasteiger partial charge in [-0.3, -0.25) is 9.69 Å². The number of carbonyl (C=O) groups is 2. The van der Waals surface area contributed by atoms with Gasteiger partial charge in [-0.1, -0.05) is 0 Å². The van der Waals surface area contributed by atoms with Gasteiger partial charge in [0.15, 0.2) is 5.13 Å². The number of thiazole rings is 1. The van der Waals surface area contributed by atoms with E-state index in [1.165, 1.54) is 23.2 Å². The van der Waals surface area contributed by atoms with Crippen LogP contribution in [0.2, 0.25) is 0 Å². The van der Waals surface area contributed by atoms with Crippen LogP contribution in [0.1, 0.15) is 11.8 Å². The van der Waals surface area contributed by atoms with Crippen LogP contribution in [0.4, 0.5) is 15.6 Å². The summed E-state index contributed by atoms with van der Waals surface area (Å²) in [4.78, 5) is 30.3. The average Bonchev–Trinajstić information content (AvgIpc) is 3.11.